The highest BCUT2D eigenvalue weighted by Crippen LogP contribution is 2.30. The highest BCUT2D eigenvalue weighted by molar-refractivity contribution is 6.05. The fourth-order valence-electron chi connectivity index (χ4n) is 4.81. The van der Waals surface area contributed by atoms with E-state index in [2.05, 4.69) is 36.4 Å². The van der Waals surface area contributed by atoms with Gasteiger partial charge in [0.2, 0.25) is 0 Å². The average molecular weight is 576 g/mol. The Hall–Kier alpha value is -5.44. The first-order valence-electron chi connectivity index (χ1n) is 13.8. The van der Waals surface area contributed by atoms with Gasteiger partial charge in [-0.1, -0.05) is 57.2 Å². The zero-order valence-electron chi connectivity index (χ0n) is 24.7. The van der Waals surface area contributed by atoms with Crippen molar-refractivity contribution in [1.29, 1.82) is 0 Å². The Kier molecular flexibility index (Phi) is 7.74. The molecule has 0 radical (unpaired) electrons. The van der Waals surface area contributed by atoms with E-state index in [1.807, 2.05) is 55.5 Å². The Balaban J connectivity index is 1.43. The molecule has 2 heterocycles. The number of hydrogen-bond donors (Lipinski definition) is 3. The van der Waals surface area contributed by atoms with E-state index in [-0.39, 0.29) is 28.5 Å². The van der Waals surface area contributed by atoms with Gasteiger partial charge in [0.25, 0.3) is 17.4 Å². The molecule has 0 aliphatic carbocycles. The fraction of sp³-hybridized carbons (Fsp3) is 0.176. The van der Waals surface area contributed by atoms with E-state index in [1.165, 1.54) is 10.8 Å². The Labute approximate surface area is 249 Å². The van der Waals surface area contributed by atoms with Crippen molar-refractivity contribution in [2.24, 2.45) is 12.8 Å². The molecule has 0 atom stereocenters. The van der Waals surface area contributed by atoms with Crippen LogP contribution in [-0.2, 0) is 12.5 Å². The number of aryl methyl sites for hydroxylation is 1. The number of nitrogens with zero attached hydrogens (tertiary/aromatic N) is 2. The lowest BCUT2D eigenvalue weighted by molar-refractivity contribution is 0.0973. The van der Waals surface area contributed by atoms with Gasteiger partial charge in [-0.3, -0.25) is 14.4 Å². The van der Waals surface area contributed by atoms with E-state index in [1.54, 1.807) is 37.5 Å². The maximum absolute atomic E-state index is 13.1. The molecule has 0 unspecified atom stereocenters. The van der Waals surface area contributed by atoms with Crippen molar-refractivity contribution in [1.82, 2.24) is 9.55 Å². The summed E-state index contributed by atoms with van der Waals surface area (Å²) in [5.41, 5.74) is 11.4. The molecule has 0 bridgehead atoms. The molecule has 0 saturated carbocycles. The maximum Gasteiger partial charge on any atom is 0.293 e. The summed E-state index contributed by atoms with van der Waals surface area (Å²) < 4.78 is 6.69. The van der Waals surface area contributed by atoms with Crippen molar-refractivity contribution in [3.8, 4) is 22.4 Å². The summed E-state index contributed by atoms with van der Waals surface area (Å²) in [5.74, 6) is -0.716. The molecule has 4 N–H and O–H groups in total. The molecule has 5 rings (SSSR count). The van der Waals surface area contributed by atoms with Crippen LogP contribution in [0.5, 0.6) is 0 Å². The van der Waals surface area contributed by atoms with Gasteiger partial charge in [0, 0.05) is 41.3 Å². The van der Waals surface area contributed by atoms with Crippen LogP contribution in [-0.4, -0.2) is 21.4 Å². The van der Waals surface area contributed by atoms with Gasteiger partial charge in [-0.2, -0.15) is 0 Å². The second-order valence-electron chi connectivity index (χ2n) is 11.4. The minimum Gasteiger partial charge on any atom is -0.459 e. The second-order valence-corrected chi connectivity index (χ2v) is 11.4. The van der Waals surface area contributed by atoms with Crippen molar-refractivity contribution in [3.05, 3.63) is 118 Å². The highest BCUT2D eigenvalue weighted by Gasteiger charge is 2.18. The van der Waals surface area contributed by atoms with Crippen molar-refractivity contribution in [2.75, 3.05) is 10.6 Å². The highest BCUT2D eigenvalue weighted by atomic mass is 16.3. The standard InChI is InChI=1S/C34H33N5O4/c1-20-25(10-7-11-27(20)38-32(41)21-12-14-23(15-13-21)34(2,3)4)28-19-39(5)33(42)31(37-28)36-24-9-6-8-22(18-24)26-16-17-43-29(26)30(35)40/h6-19H,1-5H3,(H2,35,40)(H,36,37)(H,38,41). The van der Waals surface area contributed by atoms with Crippen LogP contribution in [0.3, 0.4) is 0 Å². The summed E-state index contributed by atoms with van der Waals surface area (Å²) in [5, 5.41) is 6.13. The van der Waals surface area contributed by atoms with Crippen LogP contribution in [0, 0.1) is 6.92 Å². The van der Waals surface area contributed by atoms with Crippen LogP contribution in [0.1, 0.15) is 52.8 Å². The number of benzene rings is 3. The van der Waals surface area contributed by atoms with Crippen LogP contribution < -0.4 is 21.9 Å². The third kappa shape index (κ3) is 6.11. The lowest BCUT2D eigenvalue weighted by Gasteiger charge is -2.19. The van der Waals surface area contributed by atoms with Crippen LogP contribution in [0.25, 0.3) is 22.4 Å². The van der Waals surface area contributed by atoms with Crippen LogP contribution in [0.4, 0.5) is 17.2 Å². The molecule has 5 aromatic rings. The molecule has 3 aromatic carbocycles. The van der Waals surface area contributed by atoms with E-state index in [0.717, 1.165) is 16.7 Å². The third-order valence-electron chi connectivity index (χ3n) is 7.27. The number of anilines is 3. The van der Waals surface area contributed by atoms with E-state index < -0.39 is 5.91 Å². The van der Waals surface area contributed by atoms with Crippen molar-refractivity contribution in [3.63, 3.8) is 0 Å². The molecule has 43 heavy (non-hydrogen) atoms. The Morgan fingerprint density at radius 2 is 1.67 bits per heavy atom. The van der Waals surface area contributed by atoms with Crippen LogP contribution >= 0.6 is 0 Å². The van der Waals surface area contributed by atoms with Gasteiger partial charge in [-0.05, 0) is 65.4 Å². The zero-order valence-corrected chi connectivity index (χ0v) is 24.7. The van der Waals surface area contributed by atoms with Gasteiger partial charge in [0.05, 0.1) is 12.0 Å². The van der Waals surface area contributed by atoms with Gasteiger partial charge in [0.15, 0.2) is 11.6 Å². The van der Waals surface area contributed by atoms with E-state index in [4.69, 9.17) is 10.2 Å². The summed E-state index contributed by atoms with van der Waals surface area (Å²) in [6, 6.07) is 22.0. The molecule has 0 fully saturated rings. The smallest absolute Gasteiger partial charge is 0.293 e. The molecule has 218 valence electrons. The predicted octanol–water partition coefficient (Wildman–Crippen LogP) is 6.41. The third-order valence-corrected chi connectivity index (χ3v) is 7.27. The molecule has 0 saturated heterocycles. The number of hydrogen-bond acceptors (Lipinski definition) is 6. The second kappa shape index (κ2) is 11.4. The first kappa shape index (κ1) is 29.1. The fourth-order valence-corrected chi connectivity index (χ4v) is 4.81. The van der Waals surface area contributed by atoms with Gasteiger partial charge in [0.1, 0.15) is 0 Å². The van der Waals surface area contributed by atoms with E-state index in [0.29, 0.717) is 33.8 Å². The SMILES string of the molecule is Cc1c(NC(=O)c2ccc(C(C)(C)C)cc2)cccc1-c1cn(C)c(=O)c(Nc2cccc(-c3ccoc3C(N)=O)c2)n1. The van der Waals surface area contributed by atoms with Gasteiger partial charge in [-0.15, -0.1) is 0 Å². The topological polar surface area (TPSA) is 132 Å². The molecule has 9 nitrogen and oxygen atoms in total. The summed E-state index contributed by atoms with van der Waals surface area (Å²) in [7, 11) is 1.65. The Morgan fingerprint density at radius 3 is 2.37 bits per heavy atom. The van der Waals surface area contributed by atoms with Crippen LogP contribution in [0.2, 0.25) is 0 Å². The number of furan rings is 1. The number of amides is 2. The number of carbonyl (C=O) groups excluding carboxylic acids is 2. The van der Waals surface area contributed by atoms with E-state index >= 15 is 0 Å². The maximum atomic E-state index is 13.1. The lowest BCUT2D eigenvalue weighted by atomic mass is 9.86. The summed E-state index contributed by atoms with van der Waals surface area (Å²) in [6.45, 7) is 8.29. The van der Waals surface area contributed by atoms with Gasteiger partial charge < -0.3 is 25.4 Å². The number of aromatic nitrogens is 2. The lowest BCUT2D eigenvalue weighted by Crippen LogP contribution is -2.21. The molecular weight excluding hydrogens is 542 g/mol. The van der Waals surface area contributed by atoms with E-state index in [9.17, 15) is 14.4 Å². The van der Waals surface area contributed by atoms with Crippen LogP contribution in [0.15, 0.2) is 94.5 Å². The quantitative estimate of drug-likeness (QED) is 0.206. The molecule has 2 aromatic heterocycles. The molecule has 2 amide bonds. The van der Waals surface area contributed by atoms with Crippen molar-refractivity contribution < 1.29 is 14.0 Å². The number of nitrogens with two attached hydrogens (primary N) is 1. The first-order valence-corrected chi connectivity index (χ1v) is 13.8. The molecule has 0 spiro atoms. The number of nitrogens with one attached hydrogen (secondary N) is 2. The summed E-state index contributed by atoms with van der Waals surface area (Å²) >= 11 is 0. The average Bonchev–Trinajstić information content (AvgIpc) is 3.47. The number of primary amides is 1. The summed E-state index contributed by atoms with van der Waals surface area (Å²) in [6.07, 6.45) is 3.06. The van der Waals surface area contributed by atoms with Gasteiger partial charge >= 0.3 is 0 Å². The minimum atomic E-state index is -0.672. The zero-order chi connectivity index (χ0) is 30.9. The molecule has 0 aliphatic rings. The Bertz CT molecular complexity index is 1900. The van der Waals surface area contributed by atoms with Crippen molar-refractivity contribution >= 4 is 29.0 Å². The normalized spacial score (nSPS) is 11.3. The predicted molar refractivity (Wildman–Crippen MR) is 169 cm³/mol. The first-order chi connectivity index (χ1) is 20.4. The number of rotatable bonds is 7. The molecule has 0 aliphatic heterocycles. The molecular formula is C34H33N5O4. The monoisotopic (exact) mass is 575 g/mol. The molecule has 9 heteroatoms. The Morgan fingerprint density at radius 1 is 0.953 bits per heavy atom. The minimum absolute atomic E-state index is 0.00645. The van der Waals surface area contributed by atoms with Crippen molar-refractivity contribution in [2.45, 2.75) is 33.1 Å². The summed E-state index contributed by atoms with van der Waals surface area (Å²) in [4.78, 5) is 42.6. The van der Waals surface area contributed by atoms with Gasteiger partial charge in [-0.25, -0.2) is 4.98 Å². The number of carbonyl (C=O) groups is 2. The largest absolute Gasteiger partial charge is 0.459 e.